The van der Waals surface area contributed by atoms with E-state index in [1.54, 1.807) is 0 Å². The molecule has 3 amide bonds. The van der Waals surface area contributed by atoms with Crippen molar-refractivity contribution in [2.75, 3.05) is 16.0 Å². The Morgan fingerprint density at radius 2 is 1.55 bits per heavy atom. The van der Waals surface area contributed by atoms with Gasteiger partial charge in [-0.25, -0.2) is 18.7 Å². The van der Waals surface area contributed by atoms with Gasteiger partial charge >= 0.3 is 6.03 Å². The smallest absolute Gasteiger partial charge is 0.315 e. The highest BCUT2D eigenvalue weighted by Crippen LogP contribution is 2.30. The standard InChI is InChI=1S/C26H32FN9O2/c27-19-13-28-11-10-20(19)34-25(37)22-14-29-24-21(30-16-4-5-16)12-23(35-36(22)24)31-17-6-8-18(9-7-17)33-26(38)32-15-2-1-3-15/h10-18,30H,1-9H2,(H,31,35)(H,28,34,37)(H2,32,33,38)/t17-,18-. The Balaban J connectivity index is 1.15. The molecule has 3 saturated carbocycles. The fourth-order valence-electron chi connectivity index (χ4n) is 4.97. The van der Waals surface area contributed by atoms with E-state index < -0.39 is 11.7 Å². The molecule has 6 rings (SSSR count). The van der Waals surface area contributed by atoms with Crippen LogP contribution >= 0.6 is 0 Å². The van der Waals surface area contributed by atoms with Crippen LogP contribution < -0.4 is 26.6 Å². The first kappa shape index (κ1) is 24.4. The maximum Gasteiger partial charge on any atom is 0.315 e. The van der Waals surface area contributed by atoms with Crippen LogP contribution in [0.25, 0.3) is 5.65 Å². The number of pyridine rings is 1. The number of halogens is 1. The van der Waals surface area contributed by atoms with E-state index in [1.165, 1.54) is 29.4 Å². The number of carbonyl (C=O) groups excluding carboxylic acids is 2. The summed E-state index contributed by atoms with van der Waals surface area (Å²) in [5, 5.41) is 20.4. The van der Waals surface area contributed by atoms with Gasteiger partial charge in [-0.2, -0.15) is 0 Å². The summed E-state index contributed by atoms with van der Waals surface area (Å²) in [6, 6.07) is 4.32. The van der Waals surface area contributed by atoms with Crippen molar-refractivity contribution in [3.63, 3.8) is 0 Å². The van der Waals surface area contributed by atoms with Crippen LogP contribution in [-0.2, 0) is 0 Å². The van der Waals surface area contributed by atoms with Crippen LogP contribution in [0.3, 0.4) is 0 Å². The van der Waals surface area contributed by atoms with Crippen LogP contribution in [-0.4, -0.2) is 55.7 Å². The molecule has 3 aromatic heterocycles. The van der Waals surface area contributed by atoms with E-state index in [2.05, 4.69) is 41.7 Å². The fourth-order valence-corrected chi connectivity index (χ4v) is 4.97. The number of carbonyl (C=O) groups is 2. The average Bonchev–Trinajstić information content (AvgIpc) is 3.59. The molecule has 0 bridgehead atoms. The number of fused-ring (bicyclic) bond motifs is 1. The lowest BCUT2D eigenvalue weighted by Crippen LogP contribution is -2.49. The Labute approximate surface area is 219 Å². The fraction of sp³-hybridized carbons (Fsp3) is 0.500. The Morgan fingerprint density at radius 1 is 0.868 bits per heavy atom. The van der Waals surface area contributed by atoms with Gasteiger partial charge in [0.25, 0.3) is 5.91 Å². The van der Waals surface area contributed by atoms with E-state index in [9.17, 15) is 14.0 Å². The number of hydrogen-bond donors (Lipinski definition) is 5. The number of rotatable bonds is 8. The largest absolute Gasteiger partial charge is 0.379 e. The molecular formula is C26H32FN9O2. The summed E-state index contributed by atoms with van der Waals surface area (Å²) < 4.78 is 15.6. The Hall–Kier alpha value is -3.96. The Bertz CT molecular complexity index is 1330. The van der Waals surface area contributed by atoms with Gasteiger partial charge in [-0.3, -0.25) is 9.78 Å². The molecule has 38 heavy (non-hydrogen) atoms. The SMILES string of the molecule is O=C(NC1CCC1)N[C@H]1CC[C@H](Nc2cc(NC3CC3)c3ncc(C(=O)Nc4ccncc4F)n3n2)CC1. The van der Waals surface area contributed by atoms with Crippen LogP contribution in [0.1, 0.15) is 68.3 Å². The molecule has 3 heterocycles. The van der Waals surface area contributed by atoms with Crippen molar-refractivity contribution in [2.24, 2.45) is 0 Å². The minimum atomic E-state index is -0.619. The molecule has 11 nitrogen and oxygen atoms in total. The first-order chi connectivity index (χ1) is 18.5. The van der Waals surface area contributed by atoms with Crippen LogP contribution in [0.2, 0.25) is 0 Å². The van der Waals surface area contributed by atoms with Gasteiger partial charge in [0.2, 0.25) is 0 Å². The molecule has 0 unspecified atom stereocenters. The third kappa shape index (κ3) is 5.48. The molecular weight excluding hydrogens is 489 g/mol. The number of nitrogens with one attached hydrogen (secondary N) is 5. The van der Waals surface area contributed by atoms with Crippen LogP contribution in [0.5, 0.6) is 0 Å². The molecule has 0 atom stereocenters. The maximum absolute atomic E-state index is 14.1. The number of amides is 3. The molecule has 5 N–H and O–H groups in total. The Morgan fingerprint density at radius 3 is 2.24 bits per heavy atom. The van der Waals surface area contributed by atoms with E-state index in [0.29, 0.717) is 23.5 Å². The van der Waals surface area contributed by atoms with Gasteiger partial charge in [0.1, 0.15) is 5.82 Å². The first-order valence-corrected chi connectivity index (χ1v) is 13.4. The monoisotopic (exact) mass is 521 g/mol. The predicted octanol–water partition coefficient (Wildman–Crippen LogP) is 3.66. The molecule has 3 aliphatic rings. The quantitative estimate of drug-likeness (QED) is 0.305. The highest BCUT2D eigenvalue weighted by atomic mass is 19.1. The van der Waals surface area contributed by atoms with Crippen molar-refractivity contribution < 1.29 is 14.0 Å². The van der Waals surface area contributed by atoms with Crippen molar-refractivity contribution >= 4 is 34.8 Å². The molecule has 0 spiro atoms. The molecule has 12 heteroatoms. The van der Waals surface area contributed by atoms with Crippen LogP contribution in [0, 0.1) is 5.82 Å². The summed E-state index contributed by atoms with van der Waals surface area (Å²) in [5.41, 5.74) is 1.57. The van der Waals surface area contributed by atoms with E-state index in [1.807, 2.05) is 6.07 Å². The first-order valence-electron chi connectivity index (χ1n) is 13.4. The lowest BCUT2D eigenvalue weighted by molar-refractivity contribution is 0.102. The van der Waals surface area contributed by atoms with Gasteiger partial charge in [0, 0.05) is 36.4 Å². The second kappa shape index (κ2) is 10.4. The third-order valence-corrected chi connectivity index (χ3v) is 7.51. The van der Waals surface area contributed by atoms with Crippen molar-refractivity contribution in [1.29, 1.82) is 0 Å². The second-order valence-electron chi connectivity index (χ2n) is 10.5. The summed E-state index contributed by atoms with van der Waals surface area (Å²) in [7, 11) is 0. The number of nitrogens with zero attached hydrogens (tertiary/aromatic N) is 4. The zero-order valence-corrected chi connectivity index (χ0v) is 21.0. The lowest BCUT2D eigenvalue weighted by Gasteiger charge is -2.32. The third-order valence-electron chi connectivity index (χ3n) is 7.51. The molecule has 3 aliphatic carbocycles. The molecule has 0 saturated heterocycles. The maximum atomic E-state index is 14.1. The minimum absolute atomic E-state index is 0.0392. The van der Waals surface area contributed by atoms with Crippen molar-refractivity contribution in [1.82, 2.24) is 30.2 Å². The minimum Gasteiger partial charge on any atom is -0.379 e. The van der Waals surface area contributed by atoms with E-state index in [4.69, 9.17) is 0 Å². The number of urea groups is 1. The van der Waals surface area contributed by atoms with Gasteiger partial charge in [0.05, 0.1) is 23.8 Å². The summed E-state index contributed by atoms with van der Waals surface area (Å²) in [4.78, 5) is 33.4. The summed E-state index contributed by atoms with van der Waals surface area (Å²) in [6.07, 6.45) is 12.9. The average molecular weight is 522 g/mol. The van der Waals surface area contributed by atoms with Gasteiger partial charge in [-0.05, 0) is 63.9 Å². The van der Waals surface area contributed by atoms with Crippen molar-refractivity contribution in [3.8, 4) is 0 Å². The summed E-state index contributed by atoms with van der Waals surface area (Å²) in [6.45, 7) is 0. The van der Waals surface area contributed by atoms with E-state index >= 15 is 0 Å². The van der Waals surface area contributed by atoms with Crippen LogP contribution in [0.4, 0.5) is 26.4 Å². The zero-order valence-electron chi connectivity index (χ0n) is 21.0. The van der Waals surface area contributed by atoms with Gasteiger partial charge in [-0.1, -0.05) is 0 Å². The highest BCUT2D eigenvalue weighted by molar-refractivity contribution is 6.03. The summed E-state index contributed by atoms with van der Waals surface area (Å²) >= 11 is 0. The molecule has 0 radical (unpaired) electrons. The normalized spacial score (nSPS) is 21.4. The molecule has 0 aliphatic heterocycles. The topological polar surface area (TPSA) is 137 Å². The zero-order chi connectivity index (χ0) is 26.1. The van der Waals surface area contributed by atoms with Gasteiger partial charge in [0.15, 0.2) is 17.2 Å². The Kier molecular flexibility index (Phi) is 6.69. The van der Waals surface area contributed by atoms with E-state index in [-0.39, 0.29) is 29.5 Å². The molecule has 3 fully saturated rings. The number of anilines is 3. The molecule has 0 aromatic carbocycles. The van der Waals surface area contributed by atoms with E-state index in [0.717, 1.165) is 63.3 Å². The molecule has 200 valence electrons. The van der Waals surface area contributed by atoms with Crippen molar-refractivity contribution in [2.45, 2.75) is 82.0 Å². The van der Waals surface area contributed by atoms with Gasteiger partial charge < -0.3 is 26.6 Å². The highest BCUT2D eigenvalue weighted by Gasteiger charge is 2.27. The van der Waals surface area contributed by atoms with Crippen LogP contribution in [0.15, 0.2) is 30.7 Å². The molecule has 3 aromatic rings. The number of imidazole rings is 1. The lowest BCUT2D eigenvalue weighted by atomic mass is 9.91. The number of aromatic nitrogens is 4. The number of hydrogen-bond acceptors (Lipinski definition) is 7. The predicted molar refractivity (Wildman–Crippen MR) is 141 cm³/mol. The van der Waals surface area contributed by atoms with Gasteiger partial charge in [-0.15, -0.1) is 5.10 Å². The van der Waals surface area contributed by atoms with Crippen molar-refractivity contribution in [3.05, 3.63) is 42.2 Å². The second-order valence-corrected chi connectivity index (χ2v) is 10.5. The summed E-state index contributed by atoms with van der Waals surface area (Å²) in [5.74, 6) is -0.509.